The molecule has 4 nitrogen and oxygen atoms in total. The Bertz CT molecular complexity index is 348. The fraction of sp³-hybridized carbons (Fsp3) is 0.846. The Morgan fingerprint density at radius 1 is 1.29 bits per heavy atom. The quantitative estimate of drug-likeness (QED) is 0.874. The minimum Gasteiger partial charge on any atom is -0.338 e. The molecule has 0 bridgehead atoms. The Kier molecular flexibility index (Phi) is 3.82. The minimum atomic E-state index is 0.208. The van der Waals surface area contributed by atoms with Crippen molar-refractivity contribution in [3.63, 3.8) is 0 Å². The van der Waals surface area contributed by atoms with Gasteiger partial charge in [0.25, 0.3) is 0 Å². The summed E-state index contributed by atoms with van der Waals surface area (Å²) in [5, 5.41) is 7.50. The van der Waals surface area contributed by atoms with Crippen LogP contribution in [-0.2, 0) is 13.0 Å². The Balaban J connectivity index is 1.81. The van der Waals surface area contributed by atoms with Gasteiger partial charge in [-0.3, -0.25) is 0 Å². The highest BCUT2D eigenvalue weighted by Gasteiger charge is 2.18. The molecule has 0 spiro atoms. The summed E-state index contributed by atoms with van der Waals surface area (Å²) in [6.45, 7) is 7.25. The molecule has 1 saturated carbocycles. The molecule has 4 heteroatoms. The second kappa shape index (κ2) is 5.17. The Hall–Kier alpha value is -0.900. The number of nitrogens with zero attached hydrogens (tertiary/aromatic N) is 2. The maximum absolute atomic E-state index is 5.25. The molecule has 1 aliphatic rings. The molecule has 2 rings (SSSR count). The standard InChI is InChI=1S/C13H23N3O/c1-13(2,3)8-11-15-12(17-16-11)9-14-10-6-4-5-7-10/h10,14H,4-9H2,1-3H3. The average Bonchev–Trinajstić information content (AvgIpc) is 2.82. The van der Waals surface area contributed by atoms with Crippen molar-refractivity contribution in [3.05, 3.63) is 11.7 Å². The number of hydrogen-bond donors (Lipinski definition) is 1. The van der Waals surface area contributed by atoms with Gasteiger partial charge in [0.2, 0.25) is 5.89 Å². The van der Waals surface area contributed by atoms with Crippen LogP contribution in [0.2, 0.25) is 0 Å². The maximum Gasteiger partial charge on any atom is 0.240 e. The van der Waals surface area contributed by atoms with Crippen LogP contribution in [0.15, 0.2) is 4.52 Å². The van der Waals surface area contributed by atoms with Gasteiger partial charge in [-0.05, 0) is 18.3 Å². The molecule has 0 unspecified atom stereocenters. The molecule has 1 heterocycles. The molecule has 0 aromatic carbocycles. The van der Waals surface area contributed by atoms with Gasteiger partial charge < -0.3 is 9.84 Å². The normalized spacial score (nSPS) is 17.8. The van der Waals surface area contributed by atoms with E-state index in [1.54, 1.807) is 0 Å². The Morgan fingerprint density at radius 3 is 2.65 bits per heavy atom. The smallest absolute Gasteiger partial charge is 0.240 e. The molecule has 1 N–H and O–H groups in total. The van der Waals surface area contributed by atoms with Crippen molar-refractivity contribution in [1.82, 2.24) is 15.5 Å². The molecular weight excluding hydrogens is 214 g/mol. The van der Waals surface area contributed by atoms with Crippen molar-refractivity contribution in [2.75, 3.05) is 0 Å². The molecule has 1 aromatic heterocycles. The van der Waals surface area contributed by atoms with E-state index in [1.165, 1.54) is 25.7 Å². The van der Waals surface area contributed by atoms with Crippen molar-refractivity contribution in [2.45, 2.75) is 65.5 Å². The van der Waals surface area contributed by atoms with Gasteiger partial charge in [-0.15, -0.1) is 0 Å². The van der Waals surface area contributed by atoms with Gasteiger partial charge in [-0.2, -0.15) is 4.98 Å². The van der Waals surface area contributed by atoms with Gasteiger partial charge in [0.05, 0.1) is 6.54 Å². The van der Waals surface area contributed by atoms with Crippen molar-refractivity contribution in [2.24, 2.45) is 5.41 Å². The molecule has 1 aliphatic carbocycles. The second-order valence-corrected chi connectivity index (χ2v) is 6.20. The van der Waals surface area contributed by atoms with Crippen LogP contribution in [0.1, 0.15) is 58.2 Å². The van der Waals surface area contributed by atoms with Gasteiger partial charge >= 0.3 is 0 Å². The molecule has 0 aliphatic heterocycles. The van der Waals surface area contributed by atoms with E-state index in [0.29, 0.717) is 12.6 Å². The lowest BCUT2D eigenvalue weighted by Gasteiger charge is -2.14. The summed E-state index contributed by atoms with van der Waals surface area (Å²) in [5.74, 6) is 1.54. The lowest BCUT2D eigenvalue weighted by atomic mass is 9.92. The van der Waals surface area contributed by atoms with Crippen molar-refractivity contribution in [1.29, 1.82) is 0 Å². The van der Waals surface area contributed by atoms with Crippen LogP contribution >= 0.6 is 0 Å². The highest BCUT2D eigenvalue weighted by Crippen LogP contribution is 2.19. The van der Waals surface area contributed by atoms with E-state index in [4.69, 9.17) is 4.52 Å². The summed E-state index contributed by atoms with van der Waals surface area (Å²) < 4.78 is 5.25. The fourth-order valence-electron chi connectivity index (χ4n) is 2.27. The first kappa shape index (κ1) is 12.6. The van der Waals surface area contributed by atoms with Crippen LogP contribution in [0.3, 0.4) is 0 Å². The largest absolute Gasteiger partial charge is 0.338 e. The third-order valence-corrected chi connectivity index (χ3v) is 3.10. The first-order valence-electron chi connectivity index (χ1n) is 6.58. The van der Waals surface area contributed by atoms with E-state index >= 15 is 0 Å². The average molecular weight is 237 g/mol. The minimum absolute atomic E-state index is 0.208. The van der Waals surface area contributed by atoms with E-state index in [-0.39, 0.29) is 5.41 Å². The van der Waals surface area contributed by atoms with Crippen molar-refractivity contribution >= 4 is 0 Å². The van der Waals surface area contributed by atoms with E-state index in [1.807, 2.05) is 0 Å². The SMILES string of the molecule is CC(C)(C)Cc1noc(CNC2CCCC2)n1. The van der Waals surface area contributed by atoms with Crippen molar-refractivity contribution < 1.29 is 4.52 Å². The summed E-state index contributed by atoms with van der Waals surface area (Å²) in [7, 11) is 0. The number of nitrogens with one attached hydrogen (secondary N) is 1. The first-order chi connectivity index (χ1) is 8.03. The van der Waals surface area contributed by atoms with E-state index in [9.17, 15) is 0 Å². The predicted octanol–water partition coefficient (Wildman–Crippen LogP) is 2.69. The van der Waals surface area contributed by atoms with Crippen LogP contribution in [0, 0.1) is 5.41 Å². The van der Waals surface area contributed by atoms with Gasteiger partial charge in [0.15, 0.2) is 5.82 Å². The summed E-state index contributed by atoms with van der Waals surface area (Å²) >= 11 is 0. The Morgan fingerprint density at radius 2 is 2.00 bits per heavy atom. The molecule has 17 heavy (non-hydrogen) atoms. The van der Waals surface area contributed by atoms with Crippen LogP contribution in [-0.4, -0.2) is 16.2 Å². The monoisotopic (exact) mass is 237 g/mol. The lowest BCUT2D eigenvalue weighted by molar-refractivity contribution is 0.342. The maximum atomic E-state index is 5.25. The highest BCUT2D eigenvalue weighted by molar-refractivity contribution is 4.90. The summed E-state index contributed by atoms with van der Waals surface area (Å²) in [4.78, 5) is 4.42. The van der Waals surface area contributed by atoms with Crippen LogP contribution in [0.25, 0.3) is 0 Å². The molecule has 1 aromatic rings. The van der Waals surface area contributed by atoms with E-state index < -0.39 is 0 Å². The first-order valence-corrected chi connectivity index (χ1v) is 6.58. The highest BCUT2D eigenvalue weighted by atomic mass is 16.5. The molecule has 0 radical (unpaired) electrons. The summed E-state index contributed by atoms with van der Waals surface area (Å²) in [5.41, 5.74) is 0.208. The summed E-state index contributed by atoms with van der Waals surface area (Å²) in [6, 6.07) is 0.646. The topological polar surface area (TPSA) is 51.0 Å². The molecular formula is C13H23N3O. The zero-order valence-corrected chi connectivity index (χ0v) is 11.1. The van der Waals surface area contributed by atoms with Gasteiger partial charge in [-0.1, -0.05) is 38.8 Å². The van der Waals surface area contributed by atoms with E-state index in [2.05, 4.69) is 36.2 Å². The van der Waals surface area contributed by atoms with Gasteiger partial charge in [-0.25, -0.2) is 0 Å². The molecule has 0 amide bonds. The fourth-order valence-corrected chi connectivity index (χ4v) is 2.27. The number of aromatic nitrogens is 2. The Labute approximate surface area is 103 Å². The number of hydrogen-bond acceptors (Lipinski definition) is 4. The number of rotatable bonds is 4. The van der Waals surface area contributed by atoms with Crippen LogP contribution < -0.4 is 5.32 Å². The third-order valence-electron chi connectivity index (χ3n) is 3.10. The summed E-state index contributed by atoms with van der Waals surface area (Å²) in [6.07, 6.45) is 6.11. The second-order valence-electron chi connectivity index (χ2n) is 6.20. The van der Waals surface area contributed by atoms with E-state index in [0.717, 1.165) is 18.1 Å². The van der Waals surface area contributed by atoms with Gasteiger partial charge in [0.1, 0.15) is 0 Å². The molecule has 96 valence electrons. The molecule has 0 atom stereocenters. The lowest BCUT2D eigenvalue weighted by Crippen LogP contribution is -2.25. The zero-order chi connectivity index (χ0) is 12.3. The van der Waals surface area contributed by atoms with Crippen molar-refractivity contribution in [3.8, 4) is 0 Å². The van der Waals surface area contributed by atoms with Crippen LogP contribution in [0.4, 0.5) is 0 Å². The molecule has 0 saturated heterocycles. The van der Waals surface area contributed by atoms with Crippen LogP contribution in [0.5, 0.6) is 0 Å². The predicted molar refractivity (Wildman–Crippen MR) is 66.6 cm³/mol. The third kappa shape index (κ3) is 4.11. The zero-order valence-electron chi connectivity index (χ0n) is 11.1. The van der Waals surface area contributed by atoms with Gasteiger partial charge in [0, 0.05) is 12.5 Å². The molecule has 1 fully saturated rings.